The van der Waals surface area contributed by atoms with Gasteiger partial charge in [0.1, 0.15) is 16.9 Å². The van der Waals surface area contributed by atoms with Crippen molar-refractivity contribution >= 4 is 28.2 Å². The topological polar surface area (TPSA) is 97.1 Å². The van der Waals surface area contributed by atoms with E-state index in [9.17, 15) is 18.4 Å². The molecule has 2 N–H and O–H groups in total. The minimum Gasteiger partial charge on any atom is -0.363 e. The molecular formula is C26H24F3N7O2. The predicted octanol–water partition coefficient (Wildman–Crippen LogP) is 3.38. The number of hydrogen-bond donors (Lipinski definition) is 2. The lowest BCUT2D eigenvalue weighted by atomic mass is 10.1. The molecule has 0 aliphatic carbocycles. The summed E-state index contributed by atoms with van der Waals surface area (Å²) in [7, 11) is 0. The van der Waals surface area contributed by atoms with E-state index in [2.05, 4.69) is 25.7 Å². The van der Waals surface area contributed by atoms with Crippen molar-refractivity contribution in [1.82, 2.24) is 24.9 Å². The fourth-order valence-electron chi connectivity index (χ4n) is 5.22. The summed E-state index contributed by atoms with van der Waals surface area (Å²) in [6.45, 7) is 5.31. The maximum atomic E-state index is 15.3. The molecule has 0 saturated carbocycles. The van der Waals surface area contributed by atoms with Crippen LogP contribution in [0.25, 0.3) is 16.6 Å². The Morgan fingerprint density at radius 1 is 1.08 bits per heavy atom. The molecule has 2 bridgehead atoms. The Labute approximate surface area is 214 Å². The molecule has 2 aliphatic rings. The number of aromatic nitrogens is 4. The van der Waals surface area contributed by atoms with E-state index in [1.165, 1.54) is 6.07 Å². The number of rotatable bonds is 5. The highest BCUT2D eigenvalue weighted by Crippen LogP contribution is 2.41. The van der Waals surface area contributed by atoms with Crippen LogP contribution in [0.15, 0.2) is 47.4 Å². The first-order valence-electron chi connectivity index (χ1n) is 12.3. The molecule has 2 aliphatic heterocycles. The molecule has 2 atom stereocenters. The first-order chi connectivity index (χ1) is 18.2. The predicted molar refractivity (Wildman–Crippen MR) is 135 cm³/mol. The van der Waals surface area contributed by atoms with Crippen molar-refractivity contribution in [3.05, 3.63) is 76.1 Å². The summed E-state index contributed by atoms with van der Waals surface area (Å²) in [6, 6.07) is 6.94. The maximum absolute atomic E-state index is 15.3. The Kier molecular flexibility index (Phi) is 5.71. The van der Waals surface area contributed by atoms with Crippen molar-refractivity contribution in [3.8, 4) is 5.69 Å². The van der Waals surface area contributed by atoms with Crippen LogP contribution >= 0.6 is 0 Å². The normalized spacial score (nSPS) is 18.6. The smallest absolute Gasteiger partial charge is 0.276 e. The van der Waals surface area contributed by atoms with Gasteiger partial charge in [-0.15, -0.1) is 0 Å². The van der Waals surface area contributed by atoms with Crippen LogP contribution in [0, 0.1) is 17.5 Å². The second-order valence-electron chi connectivity index (χ2n) is 9.86. The zero-order valence-electron chi connectivity index (χ0n) is 20.6. The number of fused-ring (bicyclic) bond motifs is 3. The second kappa shape index (κ2) is 8.98. The van der Waals surface area contributed by atoms with Crippen molar-refractivity contribution in [2.75, 3.05) is 23.3 Å². The quantitative estimate of drug-likeness (QED) is 0.417. The molecule has 4 heterocycles. The summed E-state index contributed by atoms with van der Waals surface area (Å²) in [5, 5.41) is 15.1. The van der Waals surface area contributed by atoms with Crippen molar-refractivity contribution < 1.29 is 18.0 Å². The largest absolute Gasteiger partial charge is 0.363 e. The molecule has 38 heavy (non-hydrogen) atoms. The summed E-state index contributed by atoms with van der Waals surface area (Å²) in [5.41, 5.74) is -0.732. The number of para-hydroxylation sites is 1. The first-order valence-corrected chi connectivity index (χ1v) is 12.3. The first kappa shape index (κ1) is 24.2. The number of carbonyl (C=O) groups excluding carboxylic acids is 1. The fraction of sp³-hybridized carbons (Fsp3) is 0.308. The van der Waals surface area contributed by atoms with Gasteiger partial charge in [0.25, 0.3) is 11.5 Å². The van der Waals surface area contributed by atoms with Gasteiger partial charge in [0.15, 0.2) is 17.5 Å². The lowest BCUT2D eigenvalue weighted by molar-refractivity contribution is 0.102. The molecule has 4 aromatic rings. The summed E-state index contributed by atoms with van der Waals surface area (Å²) in [6.07, 6.45) is 2.69. The van der Waals surface area contributed by atoms with Crippen molar-refractivity contribution in [2.24, 2.45) is 0 Å². The van der Waals surface area contributed by atoms with E-state index in [4.69, 9.17) is 0 Å². The Bertz CT molecular complexity index is 1630. The lowest BCUT2D eigenvalue weighted by Gasteiger charge is -2.31. The van der Waals surface area contributed by atoms with E-state index in [-0.39, 0.29) is 35.0 Å². The third-order valence-corrected chi connectivity index (χ3v) is 7.04. The molecule has 6 rings (SSSR count). The molecule has 2 aromatic carbocycles. The van der Waals surface area contributed by atoms with Crippen molar-refractivity contribution in [1.29, 1.82) is 0 Å². The van der Waals surface area contributed by atoms with Gasteiger partial charge < -0.3 is 15.5 Å². The molecule has 0 unspecified atom stereocenters. The van der Waals surface area contributed by atoms with E-state index in [1.807, 2.05) is 13.8 Å². The SMILES string of the molecule is CC(C)n1cc2c(N3C[C@@H]4C[C@H]3CN4)c(NC(=O)c3ccc(=O)n(-c4c(F)cccc4F)n3)cc(F)c2n1. The van der Waals surface area contributed by atoms with Gasteiger partial charge in [-0.2, -0.15) is 14.9 Å². The van der Waals surface area contributed by atoms with Gasteiger partial charge in [-0.25, -0.2) is 13.2 Å². The summed E-state index contributed by atoms with van der Waals surface area (Å²) < 4.78 is 46.1. The summed E-state index contributed by atoms with van der Waals surface area (Å²) in [4.78, 5) is 27.8. The fourth-order valence-corrected chi connectivity index (χ4v) is 5.22. The number of anilines is 2. The highest BCUT2D eigenvalue weighted by molar-refractivity contribution is 6.09. The number of carbonyl (C=O) groups is 1. The molecule has 9 nitrogen and oxygen atoms in total. The zero-order chi connectivity index (χ0) is 26.7. The van der Waals surface area contributed by atoms with Gasteiger partial charge in [0.2, 0.25) is 0 Å². The van der Waals surface area contributed by atoms with E-state index >= 15 is 4.39 Å². The minimum atomic E-state index is -1.01. The average molecular weight is 524 g/mol. The highest BCUT2D eigenvalue weighted by atomic mass is 19.1. The van der Waals surface area contributed by atoms with Gasteiger partial charge >= 0.3 is 0 Å². The van der Waals surface area contributed by atoms with Gasteiger partial charge in [-0.3, -0.25) is 14.3 Å². The Hall–Kier alpha value is -4.19. The Balaban J connectivity index is 1.44. The number of nitrogens with one attached hydrogen (secondary N) is 2. The Morgan fingerprint density at radius 3 is 2.50 bits per heavy atom. The molecule has 1 amide bonds. The van der Waals surface area contributed by atoms with E-state index in [0.29, 0.717) is 22.3 Å². The van der Waals surface area contributed by atoms with Crippen molar-refractivity contribution in [2.45, 2.75) is 38.4 Å². The average Bonchev–Trinajstić information content (AvgIpc) is 3.61. The van der Waals surface area contributed by atoms with Gasteiger partial charge in [-0.05, 0) is 38.5 Å². The molecule has 12 heteroatoms. The van der Waals surface area contributed by atoms with Crippen LogP contribution in [-0.2, 0) is 0 Å². The van der Waals surface area contributed by atoms with E-state index in [1.54, 1.807) is 10.9 Å². The molecular weight excluding hydrogens is 499 g/mol. The standard InChI is InChI=1S/C26H24F3N7O2/c1-13(2)35-12-16-23(33-35)19(29)9-21(24(16)34-11-14-8-15(34)10-30-14)31-26(38)20-6-7-22(37)36(32-20)25-17(27)4-3-5-18(25)28/h3-7,9,12-15,30H,8,10-11H2,1-2H3,(H,31,38)/t14-,15-/m0/s1. The van der Waals surface area contributed by atoms with Crippen LogP contribution < -0.4 is 21.1 Å². The Morgan fingerprint density at radius 2 is 1.84 bits per heavy atom. The highest BCUT2D eigenvalue weighted by Gasteiger charge is 2.40. The van der Waals surface area contributed by atoms with Crippen LogP contribution in [0.2, 0.25) is 0 Å². The van der Waals surface area contributed by atoms with Crippen LogP contribution in [0.5, 0.6) is 0 Å². The van der Waals surface area contributed by atoms with Crippen LogP contribution in [0.4, 0.5) is 24.5 Å². The van der Waals surface area contributed by atoms with E-state index in [0.717, 1.165) is 43.3 Å². The van der Waals surface area contributed by atoms with Gasteiger partial charge in [0, 0.05) is 54.9 Å². The third kappa shape index (κ3) is 3.92. The lowest BCUT2D eigenvalue weighted by Crippen LogP contribution is -2.44. The van der Waals surface area contributed by atoms with Crippen LogP contribution in [-0.4, -0.2) is 50.6 Å². The van der Waals surface area contributed by atoms with Gasteiger partial charge in [-0.1, -0.05) is 6.07 Å². The molecule has 0 spiro atoms. The molecule has 0 radical (unpaired) electrons. The number of benzene rings is 2. The summed E-state index contributed by atoms with van der Waals surface area (Å²) in [5.74, 6) is -3.39. The molecule has 196 valence electrons. The molecule has 2 fully saturated rings. The minimum absolute atomic E-state index is 0.00610. The molecule has 2 saturated heterocycles. The van der Waals surface area contributed by atoms with E-state index < -0.39 is 34.6 Å². The zero-order valence-corrected chi connectivity index (χ0v) is 20.6. The van der Waals surface area contributed by atoms with Crippen LogP contribution in [0.1, 0.15) is 36.8 Å². The number of nitrogens with zero attached hydrogens (tertiary/aromatic N) is 5. The van der Waals surface area contributed by atoms with Gasteiger partial charge in [0.05, 0.1) is 11.4 Å². The maximum Gasteiger partial charge on any atom is 0.276 e. The van der Waals surface area contributed by atoms with Crippen LogP contribution in [0.3, 0.4) is 0 Å². The molecule has 2 aromatic heterocycles. The number of hydrogen-bond acceptors (Lipinski definition) is 6. The second-order valence-corrected chi connectivity index (χ2v) is 9.86. The monoisotopic (exact) mass is 523 g/mol. The number of halogens is 3. The summed E-state index contributed by atoms with van der Waals surface area (Å²) >= 11 is 0. The third-order valence-electron chi connectivity index (χ3n) is 7.04. The van der Waals surface area contributed by atoms with Crippen molar-refractivity contribution in [3.63, 3.8) is 0 Å². The number of amides is 1. The number of piperazine rings is 1.